The van der Waals surface area contributed by atoms with E-state index in [1.807, 2.05) is 48.5 Å². The minimum absolute atomic E-state index is 0.0499. The largest absolute Gasteiger partial charge is 0.435 e. The first-order chi connectivity index (χ1) is 30.6. The van der Waals surface area contributed by atoms with E-state index in [-0.39, 0.29) is 23.1 Å². The van der Waals surface area contributed by atoms with E-state index in [2.05, 4.69) is 71.9 Å². The zero-order chi connectivity index (χ0) is 44.3. The highest BCUT2D eigenvalue weighted by atomic mass is 19.3. The minimum atomic E-state index is -2.88. The second-order valence-electron chi connectivity index (χ2n) is 15.5. The van der Waals surface area contributed by atoms with Gasteiger partial charge in [0.2, 0.25) is 0 Å². The summed E-state index contributed by atoms with van der Waals surface area (Å²) in [5, 5.41) is 2.78. The molecule has 0 saturated heterocycles. The van der Waals surface area contributed by atoms with Crippen LogP contribution in [-0.4, -0.2) is 13.2 Å². The Balaban J connectivity index is 0.000000189. The molecule has 0 heterocycles. The summed E-state index contributed by atoms with van der Waals surface area (Å²) in [6, 6.07) is 48.4. The predicted molar refractivity (Wildman–Crippen MR) is 243 cm³/mol. The van der Waals surface area contributed by atoms with E-state index in [9.17, 15) is 17.6 Å². The molecule has 0 unspecified atom stereocenters. The van der Waals surface area contributed by atoms with Crippen molar-refractivity contribution in [2.75, 3.05) is 0 Å². The molecule has 0 bridgehead atoms. The second-order valence-corrected chi connectivity index (χ2v) is 15.5. The SMILES string of the molecule is CCCc1ccc(CCc2ccc3c(F)c(-c4ccc(OC(F)F)cc4)ccc3c2)cc1.CCc1ccc(CCc2ccc3c(F)c(-c4ccc(OC(F)F)cc4)ccc3c2)cc1. The maximum absolute atomic E-state index is 15.2. The van der Waals surface area contributed by atoms with E-state index in [1.165, 1.54) is 46.5 Å². The van der Waals surface area contributed by atoms with Gasteiger partial charge in [0.05, 0.1) is 0 Å². The highest BCUT2D eigenvalue weighted by Gasteiger charge is 2.13. The lowest BCUT2D eigenvalue weighted by molar-refractivity contribution is -0.0505. The fraction of sp³-hybridized carbons (Fsp3) is 0.200. The zero-order valence-electron chi connectivity index (χ0n) is 35.2. The molecule has 0 aliphatic carbocycles. The Hall–Kier alpha value is -6.54. The maximum atomic E-state index is 15.2. The highest BCUT2D eigenvalue weighted by Crippen LogP contribution is 2.33. The Labute approximate surface area is 364 Å². The topological polar surface area (TPSA) is 18.5 Å². The lowest BCUT2D eigenvalue weighted by Crippen LogP contribution is -2.01. The van der Waals surface area contributed by atoms with Crippen LogP contribution in [-0.2, 0) is 38.5 Å². The number of rotatable bonds is 15. The Morgan fingerprint density at radius 2 is 0.730 bits per heavy atom. The van der Waals surface area contributed by atoms with Crippen molar-refractivity contribution in [3.05, 3.63) is 203 Å². The van der Waals surface area contributed by atoms with Crippen molar-refractivity contribution >= 4 is 21.5 Å². The van der Waals surface area contributed by atoms with E-state index in [4.69, 9.17) is 0 Å². The lowest BCUT2D eigenvalue weighted by Gasteiger charge is -2.10. The van der Waals surface area contributed by atoms with Crippen molar-refractivity contribution in [2.24, 2.45) is 0 Å². The summed E-state index contributed by atoms with van der Waals surface area (Å²) < 4.78 is 88.4. The van der Waals surface area contributed by atoms with E-state index in [1.54, 1.807) is 36.4 Å². The summed E-state index contributed by atoms with van der Waals surface area (Å²) >= 11 is 0. The average molecular weight is 855 g/mol. The maximum Gasteiger partial charge on any atom is 0.387 e. The Morgan fingerprint density at radius 3 is 1.10 bits per heavy atom. The molecule has 8 aromatic carbocycles. The summed E-state index contributed by atoms with van der Waals surface area (Å²) in [7, 11) is 0. The van der Waals surface area contributed by atoms with Gasteiger partial charge in [-0.3, -0.25) is 0 Å². The molecule has 0 aromatic heterocycles. The van der Waals surface area contributed by atoms with Crippen molar-refractivity contribution in [2.45, 2.75) is 72.0 Å². The third-order valence-corrected chi connectivity index (χ3v) is 11.2. The average Bonchev–Trinajstić information content (AvgIpc) is 3.29. The van der Waals surface area contributed by atoms with Crippen LogP contribution in [0.15, 0.2) is 158 Å². The smallest absolute Gasteiger partial charge is 0.387 e. The first-order valence-electron chi connectivity index (χ1n) is 21.2. The molecule has 8 aromatic rings. The van der Waals surface area contributed by atoms with E-state index in [0.717, 1.165) is 66.8 Å². The van der Waals surface area contributed by atoms with Crippen LogP contribution in [0.4, 0.5) is 26.3 Å². The van der Waals surface area contributed by atoms with Gasteiger partial charge in [-0.2, -0.15) is 17.6 Å². The van der Waals surface area contributed by atoms with E-state index >= 15 is 8.78 Å². The summed E-state index contributed by atoms with van der Waals surface area (Å²) in [5.41, 5.74) is 9.69. The third kappa shape index (κ3) is 11.7. The first-order valence-corrected chi connectivity index (χ1v) is 21.2. The first kappa shape index (κ1) is 44.5. The van der Waals surface area contributed by atoms with Crippen molar-refractivity contribution in [1.29, 1.82) is 0 Å². The molecule has 63 heavy (non-hydrogen) atoms. The number of benzene rings is 8. The fourth-order valence-corrected chi connectivity index (χ4v) is 7.75. The van der Waals surface area contributed by atoms with Crippen LogP contribution in [0.1, 0.15) is 53.6 Å². The molecule has 0 aliphatic rings. The quantitative estimate of drug-likeness (QED) is 0.0957. The molecule has 0 fully saturated rings. The van der Waals surface area contributed by atoms with Gasteiger partial charge in [-0.1, -0.05) is 154 Å². The molecule has 8 rings (SSSR count). The third-order valence-electron chi connectivity index (χ3n) is 11.2. The normalized spacial score (nSPS) is 11.3. The number of fused-ring (bicyclic) bond motifs is 2. The van der Waals surface area contributed by atoms with Crippen LogP contribution >= 0.6 is 0 Å². The molecular formula is C55H48F6O2. The standard InChI is InChI=1S/C28H25F3O.C27H23F3O/c1-2-3-19-4-6-20(7-5-19)8-9-21-10-16-26-23(18-21)13-17-25(27(26)29)22-11-14-24(15-12-22)32-28(30)31;1-2-18-3-5-19(6-4-18)7-8-20-9-15-25-22(17-20)12-16-24(26(25)28)21-10-13-23(14-11-21)31-27(29)30/h4-7,10-18,28H,2-3,8-9H2,1H3;3-6,9-17,27H,2,7-8H2,1H3. The van der Waals surface area contributed by atoms with Crippen molar-refractivity contribution in [1.82, 2.24) is 0 Å². The molecule has 0 spiro atoms. The molecule has 0 atom stereocenters. The van der Waals surface area contributed by atoms with Gasteiger partial charge in [0, 0.05) is 21.9 Å². The van der Waals surface area contributed by atoms with Gasteiger partial charge in [-0.05, 0) is 118 Å². The molecule has 0 N–H and O–H groups in total. The molecule has 8 heteroatoms. The zero-order valence-corrected chi connectivity index (χ0v) is 35.2. The second kappa shape index (κ2) is 21.0. The van der Waals surface area contributed by atoms with Gasteiger partial charge in [-0.25, -0.2) is 8.78 Å². The van der Waals surface area contributed by atoms with Crippen LogP contribution < -0.4 is 9.47 Å². The number of hydrogen-bond donors (Lipinski definition) is 0. The molecule has 2 nitrogen and oxygen atoms in total. The molecule has 0 amide bonds. The van der Waals surface area contributed by atoms with Gasteiger partial charge >= 0.3 is 13.2 Å². The summed E-state index contributed by atoms with van der Waals surface area (Å²) in [4.78, 5) is 0. The number of hydrogen-bond acceptors (Lipinski definition) is 2. The monoisotopic (exact) mass is 854 g/mol. The number of alkyl halides is 4. The highest BCUT2D eigenvalue weighted by molar-refractivity contribution is 5.90. The Bertz CT molecular complexity index is 2730. The van der Waals surface area contributed by atoms with Crippen LogP contribution in [0.25, 0.3) is 43.8 Å². The Morgan fingerprint density at radius 1 is 0.381 bits per heavy atom. The van der Waals surface area contributed by atoms with Crippen molar-refractivity contribution in [3.8, 4) is 33.8 Å². The summed E-state index contributed by atoms with van der Waals surface area (Å²) in [5.74, 6) is -0.534. The van der Waals surface area contributed by atoms with Crippen LogP contribution in [0.3, 0.4) is 0 Å². The molecule has 0 aliphatic heterocycles. The van der Waals surface area contributed by atoms with Gasteiger partial charge in [0.1, 0.15) is 23.1 Å². The van der Waals surface area contributed by atoms with Gasteiger partial charge in [0.25, 0.3) is 0 Å². The molecular weight excluding hydrogens is 807 g/mol. The lowest BCUT2D eigenvalue weighted by atomic mass is 9.97. The molecule has 0 radical (unpaired) electrons. The van der Waals surface area contributed by atoms with Gasteiger partial charge in [-0.15, -0.1) is 0 Å². The molecule has 322 valence electrons. The van der Waals surface area contributed by atoms with E-state index in [0.29, 0.717) is 33.0 Å². The van der Waals surface area contributed by atoms with Crippen molar-refractivity contribution in [3.63, 3.8) is 0 Å². The minimum Gasteiger partial charge on any atom is -0.435 e. The van der Waals surface area contributed by atoms with Gasteiger partial charge in [0.15, 0.2) is 0 Å². The number of aryl methyl sites for hydroxylation is 6. The fourth-order valence-electron chi connectivity index (χ4n) is 7.75. The predicted octanol–water partition coefficient (Wildman–Crippen LogP) is 15.6. The van der Waals surface area contributed by atoms with Crippen LogP contribution in [0, 0.1) is 11.6 Å². The Kier molecular flexibility index (Phi) is 14.9. The van der Waals surface area contributed by atoms with Crippen LogP contribution in [0.5, 0.6) is 11.5 Å². The molecule has 0 saturated carbocycles. The number of halogens is 6. The summed E-state index contributed by atoms with van der Waals surface area (Å²) in [6.07, 6.45) is 6.93. The summed E-state index contributed by atoms with van der Waals surface area (Å²) in [6.45, 7) is -1.44. The number of ether oxygens (including phenoxy) is 2. The van der Waals surface area contributed by atoms with Crippen LogP contribution in [0.2, 0.25) is 0 Å². The van der Waals surface area contributed by atoms with Gasteiger partial charge < -0.3 is 9.47 Å². The van der Waals surface area contributed by atoms with Crippen molar-refractivity contribution < 1.29 is 35.8 Å². The van der Waals surface area contributed by atoms with E-state index < -0.39 is 13.2 Å².